The minimum Gasteiger partial charge on any atom is -0.507 e. The number of rotatable bonds is 10. The Morgan fingerprint density at radius 2 is 1.50 bits per heavy atom. The molecule has 2 N–H and O–H groups in total. The first kappa shape index (κ1) is 28.2. The van der Waals surface area contributed by atoms with E-state index in [1.165, 1.54) is 33.5 Å². The number of carbonyl (C=O) groups is 2. The van der Waals surface area contributed by atoms with Crippen molar-refractivity contribution in [1.29, 1.82) is 0 Å². The second-order valence-electron chi connectivity index (χ2n) is 8.64. The van der Waals surface area contributed by atoms with E-state index in [1.807, 2.05) is 6.92 Å². The third-order valence-corrected chi connectivity index (χ3v) is 6.41. The summed E-state index contributed by atoms with van der Waals surface area (Å²) in [7, 11) is 4.33. The average Bonchev–Trinajstić information content (AvgIpc) is 3.22. The number of nitrogens with zero attached hydrogens (tertiary/aromatic N) is 1. The van der Waals surface area contributed by atoms with Crippen LogP contribution in [-0.2, 0) is 9.59 Å². The number of methoxy groups -OCH3 is 3. The molecule has 3 aromatic rings. The van der Waals surface area contributed by atoms with Gasteiger partial charge in [0, 0.05) is 6.07 Å². The van der Waals surface area contributed by atoms with Crippen molar-refractivity contribution in [3.8, 4) is 34.5 Å². The molecule has 0 aromatic heterocycles. The van der Waals surface area contributed by atoms with Gasteiger partial charge in [-0.2, -0.15) is 0 Å². The smallest absolute Gasteiger partial charge is 0.300 e. The van der Waals surface area contributed by atoms with E-state index >= 15 is 0 Å². The predicted octanol–water partition coefficient (Wildman–Crippen LogP) is 4.84. The van der Waals surface area contributed by atoms with E-state index in [9.17, 15) is 19.8 Å². The lowest BCUT2D eigenvalue weighted by Gasteiger charge is -2.27. The SMILES string of the molecule is CCOc1ccc(/C(O)=C2\C(=O)C(=O)N(c3ccccc3O)C2c2cc(OC)c(OC)c(OC)c2)c(OCC)c1. The monoisotopic (exact) mass is 549 g/mol. The number of hydrogen-bond acceptors (Lipinski definition) is 9. The highest BCUT2D eigenvalue weighted by molar-refractivity contribution is 6.52. The first-order valence-electron chi connectivity index (χ1n) is 12.6. The molecule has 1 atom stereocenters. The minimum absolute atomic E-state index is 0.0825. The number of aliphatic hydroxyl groups excluding tert-OH is 1. The van der Waals surface area contributed by atoms with Gasteiger partial charge in [0.25, 0.3) is 11.7 Å². The minimum atomic E-state index is -1.18. The van der Waals surface area contributed by atoms with Gasteiger partial charge >= 0.3 is 0 Å². The summed E-state index contributed by atoms with van der Waals surface area (Å²) in [6, 6.07) is 12.9. The van der Waals surface area contributed by atoms with Crippen LogP contribution in [0.1, 0.15) is 31.0 Å². The van der Waals surface area contributed by atoms with Crippen LogP contribution in [0.2, 0.25) is 0 Å². The maximum atomic E-state index is 13.6. The number of anilines is 1. The van der Waals surface area contributed by atoms with Crippen LogP contribution >= 0.6 is 0 Å². The quantitative estimate of drug-likeness (QED) is 0.208. The molecule has 1 saturated heterocycles. The summed E-state index contributed by atoms with van der Waals surface area (Å²) < 4.78 is 27.8. The zero-order valence-electron chi connectivity index (χ0n) is 22.9. The van der Waals surface area contributed by atoms with Crippen molar-refractivity contribution in [1.82, 2.24) is 0 Å². The maximum absolute atomic E-state index is 13.6. The van der Waals surface area contributed by atoms with E-state index in [-0.39, 0.29) is 46.4 Å². The molecule has 10 nitrogen and oxygen atoms in total. The van der Waals surface area contributed by atoms with Crippen LogP contribution in [0.3, 0.4) is 0 Å². The first-order chi connectivity index (χ1) is 19.3. The number of benzene rings is 3. The Morgan fingerprint density at radius 3 is 2.08 bits per heavy atom. The van der Waals surface area contributed by atoms with Crippen molar-refractivity contribution in [3.05, 3.63) is 71.3 Å². The van der Waals surface area contributed by atoms with Gasteiger partial charge in [0.15, 0.2) is 11.5 Å². The Morgan fingerprint density at radius 1 is 0.850 bits per heavy atom. The molecule has 210 valence electrons. The van der Waals surface area contributed by atoms with Gasteiger partial charge in [0.1, 0.15) is 23.0 Å². The van der Waals surface area contributed by atoms with Gasteiger partial charge in [-0.05, 0) is 55.8 Å². The molecule has 0 aliphatic carbocycles. The molecule has 1 fully saturated rings. The number of phenols is 1. The normalized spacial score (nSPS) is 16.1. The molecule has 1 aliphatic heterocycles. The third kappa shape index (κ3) is 4.95. The molecule has 4 rings (SSSR count). The van der Waals surface area contributed by atoms with Crippen LogP contribution in [-0.4, -0.2) is 56.4 Å². The van der Waals surface area contributed by atoms with Crippen LogP contribution in [0.15, 0.2) is 60.2 Å². The Balaban J connectivity index is 2.04. The Kier molecular flexibility index (Phi) is 8.37. The number of para-hydroxylation sites is 2. The summed E-state index contributed by atoms with van der Waals surface area (Å²) in [5, 5.41) is 22.3. The lowest BCUT2D eigenvalue weighted by atomic mass is 9.94. The summed E-state index contributed by atoms with van der Waals surface area (Å²) in [4.78, 5) is 28.3. The Bertz CT molecular complexity index is 1440. The number of aromatic hydroxyl groups is 1. The lowest BCUT2D eigenvalue weighted by molar-refractivity contribution is -0.132. The third-order valence-electron chi connectivity index (χ3n) is 6.41. The first-order valence-corrected chi connectivity index (χ1v) is 12.6. The van der Waals surface area contributed by atoms with E-state index in [0.29, 0.717) is 23.7 Å². The van der Waals surface area contributed by atoms with Crippen LogP contribution in [0.5, 0.6) is 34.5 Å². The fraction of sp³-hybridized carbons (Fsp3) is 0.267. The number of phenolic OH excluding ortho intramolecular Hbond substituents is 1. The second kappa shape index (κ2) is 11.9. The second-order valence-corrected chi connectivity index (χ2v) is 8.64. The van der Waals surface area contributed by atoms with E-state index in [1.54, 1.807) is 49.4 Å². The standard InChI is InChI=1S/C30H31NO9/c1-6-39-18-12-13-19(22(16-18)40-7-2)27(33)25-26(17-14-23(36-3)29(38-5)24(15-17)37-4)31(30(35)28(25)34)20-10-8-9-11-21(20)32/h8-16,26,32-33H,6-7H2,1-5H3/b27-25+. The summed E-state index contributed by atoms with van der Waals surface area (Å²) in [6.45, 7) is 4.32. The highest BCUT2D eigenvalue weighted by Crippen LogP contribution is 2.49. The molecule has 0 radical (unpaired) electrons. The summed E-state index contributed by atoms with van der Waals surface area (Å²) in [5.74, 6) is -0.937. The van der Waals surface area contributed by atoms with Crippen molar-refractivity contribution in [2.45, 2.75) is 19.9 Å². The van der Waals surface area contributed by atoms with Gasteiger partial charge in [-0.15, -0.1) is 0 Å². The predicted molar refractivity (Wildman–Crippen MR) is 148 cm³/mol. The van der Waals surface area contributed by atoms with Crippen LogP contribution in [0.25, 0.3) is 5.76 Å². The fourth-order valence-corrected chi connectivity index (χ4v) is 4.70. The van der Waals surface area contributed by atoms with E-state index < -0.39 is 23.5 Å². The largest absolute Gasteiger partial charge is 0.507 e. The van der Waals surface area contributed by atoms with Crippen LogP contribution in [0.4, 0.5) is 5.69 Å². The highest BCUT2D eigenvalue weighted by Gasteiger charge is 2.48. The van der Waals surface area contributed by atoms with Crippen molar-refractivity contribution in [2.24, 2.45) is 0 Å². The topological polar surface area (TPSA) is 124 Å². The van der Waals surface area contributed by atoms with Gasteiger partial charge in [0.05, 0.1) is 57.4 Å². The lowest BCUT2D eigenvalue weighted by Crippen LogP contribution is -2.29. The van der Waals surface area contributed by atoms with Gasteiger partial charge in [-0.1, -0.05) is 12.1 Å². The van der Waals surface area contributed by atoms with Crippen molar-refractivity contribution >= 4 is 23.1 Å². The van der Waals surface area contributed by atoms with Gasteiger partial charge < -0.3 is 33.9 Å². The van der Waals surface area contributed by atoms with Gasteiger partial charge in [-0.3, -0.25) is 14.5 Å². The number of ketones is 1. The van der Waals surface area contributed by atoms with Crippen molar-refractivity contribution in [2.75, 3.05) is 39.4 Å². The van der Waals surface area contributed by atoms with Crippen molar-refractivity contribution < 1.29 is 43.5 Å². The summed E-state index contributed by atoms with van der Waals surface area (Å²) in [5.41, 5.74) is 0.423. The molecule has 0 saturated carbocycles. The Hall–Kier alpha value is -4.86. The van der Waals surface area contributed by atoms with Crippen LogP contribution in [0, 0.1) is 0 Å². The zero-order valence-corrected chi connectivity index (χ0v) is 22.9. The number of Topliss-reactive ketones (excluding diaryl/α,β-unsaturated/α-hetero) is 1. The molecule has 1 amide bonds. The van der Waals surface area contributed by atoms with Crippen molar-refractivity contribution in [3.63, 3.8) is 0 Å². The molecule has 10 heteroatoms. The van der Waals surface area contributed by atoms with Gasteiger partial charge in [-0.25, -0.2) is 0 Å². The molecule has 3 aromatic carbocycles. The number of aliphatic hydroxyl groups is 1. The van der Waals surface area contributed by atoms with E-state index in [4.69, 9.17) is 23.7 Å². The molecule has 1 aliphatic rings. The fourth-order valence-electron chi connectivity index (χ4n) is 4.70. The molecule has 1 unspecified atom stereocenters. The summed E-state index contributed by atoms with van der Waals surface area (Å²) in [6.07, 6.45) is 0. The average molecular weight is 550 g/mol. The van der Waals surface area contributed by atoms with E-state index in [0.717, 1.165) is 4.90 Å². The van der Waals surface area contributed by atoms with Crippen LogP contribution < -0.4 is 28.6 Å². The summed E-state index contributed by atoms with van der Waals surface area (Å²) >= 11 is 0. The molecule has 0 bridgehead atoms. The number of amides is 1. The van der Waals surface area contributed by atoms with E-state index in [2.05, 4.69) is 0 Å². The maximum Gasteiger partial charge on any atom is 0.300 e. The number of hydrogen-bond donors (Lipinski definition) is 2. The molecule has 40 heavy (non-hydrogen) atoms. The zero-order chi connectivity index (χ0) is 29.0. The molecular formula is C30H31NO9. The number of carbonyl (C=O) groups excluding carboxylic acids is 2. The molecule has 0 spiro atoms. The highest BCUT2D eigenvalue weighted by atomic mass is 16.5. The molecular weight excluding hydrogens is 518 g/mol. The number of ether oxygens (including phenoxy) is 5. The molecule has 1 heterocycles. The Labute approximate surface area is 231 Å². The van der Waals surface area contributed by atoms with Gasteiger partial charge in [0.2, 0.25) is 5.75 Å².